The van der Waals surface area contributed by atoms with Crippen molar-refractivity contribution < 1.29 is 0 Å². The van der Waals surface area contributed by atoms with E-state index in [1.807, 2.05) is 16.8 Å². The Hall–Kier alpha value is -0.880. The minimum atomic E-state index is 0.548. The molecule has 0 atom stereocenters. The topological polar surface area (TPSA) is 17.3 Å². The molecule has 3 heteroatoms. The van der Waals surface area contributed by atoms with Crippen molar-refractivity contribution in [3.63, 3.8) is 0 Å². The van der Waals surface area contributed by atoms with Gasteiger partial charge in [-0.3, -0.25) is 0 Å². The van der Waals surface area contributed by atoms with E-state index in [-0.39, 0.29) is 0 Å². The van der Waals surface area contributed by atoms with Gasteiger partial charge in [0.05, 0.1) is 10.7 Å². The number of hydrogen-bond donors (Lipinski definition) is 0. The van der Waals surface area contributed by atoms with E-state index in [1.165, 1.54) is 18.9 Å². The first-order chi connectivity index (χ1) is 5.77. The molecule has 0 fully saturated rings. The summed E-state index contributed by atoms with van der Waals surface area (Å²) in [4.78, 5) is 0. The van der Waals surface area contributed by atoms with Crippen molar-refractivity contribution in [2.75, 3.05) is 0 Å². The number of aromatic nitrogens is 2. The quantitative estimate of drug-likeness (QED) is 0.656. The number of rotatable bonds is 1. The Labute approximate surface area is 73.3 Å². The Bertz CT molecular complexity index is 359. The lowest BCUT2D eigenvalue weighted by Crippen LogP contribution is -1.89. The zero-order chi connectivity index (χ0) is 8.55. The van der Waals surface area contributed by atoms with Crippen LogP contribution in [-0.2, 0) is 0 Å². The van der Waals surface area contributed by atoms with Gasteiger partial charge in [-0.2, -0.15) is 5.10 Å². The van der Waals surface area contributed by atoms with Gasteiger partial charge in [0.1, 0.15) is 0 Å². The van der Waals surface area contributed by atoms with E-state index in [9.17, 15) is 0 Å². The molecular formula is C9H11N2P. The molecule has 2 rings (SSSR count). The molecule has 0 aliphatic heterocycles. The molecule has 62 valence electrons. The molecule has 12 heavy (non-hydrogen) atoms. The second-order valence-electron chi connectivity index (χ2n) is 3.13. The maximum atomic E-state index is 4.47. The van der Waals surface area contributed by atoms with E-state index < -0.39 is 0 Å². The third kappa shape index (κ3) is 1.23. The van der Waals surface area contributed by atoms with Gasteiger partial charge in [0.25, 0.3) is 0 Å². The van der Waals surface area contributed by atoms with Crippen molar-refractivity contribution in [3.8, 4) is 0 Å². The minimum absolute atomic E-state index is 0.548. The van der Waals surface area contributed by atoms with Gasteiger partial charge in [-0.15, -0.1) is 0 Å². The summed E-state index contributed by atoms with van der Waals surface area (Å²) in [6, 6.07) is 6.17. The number of nitrogens with zero attached hydrogens (tertiary/aromatic N) is 2. The maximum Gasteiger partial charge on any atom is 0.0931 e. The first kappa shape index (κ1) is 7.75. The van der Waals surface area contributed by atoms with Crippen LogP contribution >= 0.6 is 8.19 Å². The largest absolute Gasteiger partial charge is 0.236 e. The highest BCUT2D eigenvalue weighted by Crippen LogP contribution is 2.26. The zero-order valence-corrected chi connectivity index (χ0v) is 8.12. The SMILES string of the molecule is CC(C)c1nn2ccccc2p1. The summed E-state index contributed by atoms with van der Waals surface area (Å²) in [7, 11) is 1.26. The smallest absolute Gasteiger partial charge is 0.0931 e. The fraction of sp³-hybridized carbons (Fsp3) is 0.333. The van der Waals surface area contributed by atoms with Crippen LogP contribution in [0.25, 0.3) is 5.25 Å². The summed E-state index contributed by atoms with van der Waals surface area (Å²) in [6.45, 7) is 4.36. The average molecular weight is 178 g/mol. The Kier molecular flexibility index (Phi) is 1.86. The van der Waals surface area contributed by atoms with Crippen molar-refractivity contribution in [2.45, 2.75) is 19.8 Å². The van der Waals surface area contributed by atoms with E-state index in [2.05, 4.69) is 31.1 Å². The second-order valence-corrected chi connectivity index (χ2v) is 4.27. The molecule has 0 amide bonds. The molecule has 0 unspecified atom stereocenters. The van der Waals surface area contributed by atoms with Crippen molar-refractivity contribution in [3.05, 3.63) is 29.8 Å². The number of pyridine rings is 1. The molecule has 0 bridgehead atoms. The van der Waals surface area contributed by atoms with E-state index >= 15 is 0 Å². The van der Waals surface area contributed by atoms with Crippen LogP contribution in [0.3, 0.4) is 0 Å². The van der Waals surface area contributed by atoms with Gasteiger partial charge in [0.2, 0.25) is 0 Å². The van der Waals surface area contributed by atoms with Gasteiger partial charge in [-0.25, -0.2) is 4.52 Å². The molecule has 2 nitrogen and oxygen atoms in total. The lowest BCUT2D eigenvalue weighted by atomic mass is 10.2. The molecule has 0 aliphatic rings. The molecule has 0 radical (unpaired) electrons. The third-order valence-electron chi connectivity index (χ3n) is 1.77. The first-order valence-corrected chi connectivity index (χ1v) is 4.98. The zero-order valence-electron chi connectivity index (χ0n) is 7.23. The fourth-order valence-corrected chi connectivity index (χ4v) is 2.10. The standard InChI is InChI=1S/C9H11N2P/c1-7(2)9-10-11-6-4-3-5-8(11)12-9/h3-7H,1-2H3. The summed E-state index contributed by atoms with van der Waals surface area (Å²) in [5.74, 6) is 0.548. The van der Waals surface area contributed by atoms with E-state index in [0.29, 0.717) is 5.92 Å². The van der Waals surface area contributed by atoms with Gasteiger partial charge in [0.15, 0.2) is 0 Å². The van der Waals surface area contributed by atoms with Crippen LogP contribution in [0.4, 0.5) is 0 Å². The van der Waals surface area contributed by atoms with Gasteiger partial charge in [-0.05, 0) is 20.3 Å². The molecule has 2 heterocycles. The van der Waals surface area contributed by atoms with E-state index in [0.717, 1.165) is 0 Å². The number of hydrogen-bond acceptors (Lipinski definition) is 1. The summed E-state index contributed by atoms with van der Waals surface area (Å²) >= 11 is 0. The Morgan fingerprint density at radius 2 is 2.25 bits per heavy atom. The Balaban J connectivity index is 2.62. The highest BCUT2D eigenvalue weighted by atomic mass is 31.0. The van der Waals surface area contributed by atoms with Gasteiger partial charge >= 0.3 is 0 Å². The molecule has 0 aliphatic carbocycles. The molecule has 2 aromatic heterocycles. The first-order valence-electron chi connectivity index (χ1n) is 4.08. The van der Waals surface area contributed by atoms with Gasteiger partial charge < -0.3 is 0 Å². The predicted octanol–water partition coefficient (Wildman–Crippen LogP) is 3.04. The molecule has 0 spiro atoms. The average Bonchev–Trinajstić information content (AvgIpc) is 2.46. The normalized spacial score (nSPS) is 11.9. The maximum absolute atomic E-state index is 4.47. The highest BCUT2D eigenvalue weighted by Gasteiger charge is 2.04. The van der Waals surface area contributed by atoms with Crippen LogP contribution in [0.15, 0.2) is 24.4 Å². The summed E-state index contributed by atoms with van der Waals surface area (Å²) < 4.78 is 1.96. The van der Waals surface area contributed by atoms with Gasteiger partial charge in [0, 0.05) is 12.1 Å². The van der Waals surface area contributed by atoms with Crippen LogP contribution in [-0.4, -0.2) is 9.61 Å². The van der Waals surface area contributed by atoms with Crippen LogP contribution in [0.1, 0.15) is 25.2 Å². The minimum Gasteiger partial charge on any atom is -0.236 e. The Morgan fingerprint density at radius 3 is 2.92 bits per heavy atom. The molecule has 2 aromatic rings. The third-order valence-corrected chi connectivity index (χ3v) is 3.19. The number of fused-ring (bicyclic) bond motifs is 1. The summed E-state index contributed by atoms with van der Waals surface area (Å²) in [5, 5.41) is 5.74. The Morgan fingerprint density at radius 1 is 1.42 bits per heavy atom. The predicted molar refractivity (Wildman–Crippen MR) is 51.8 cm³/mol. The molecule has 0 saturated carbocycles. The molecular weight excluding hydrogens is 167 g/mol. The molecule has 0 aromatic carbocycles. The lowest BCUT2D eigenvalue weighted by molar-refractivity contribution is 0.800. The lowest BCUT2D eigenvalue weighted by Gasteiger charge is -1.94. The van der Waals surface area contributed by atoms with Crippen LogP contribution in [0.2, 0.25) is 0 Å². The monoisotopic (exact) mass is 178 g/mol. The fourth-order valence-electron chi connectivity index (χ4n) is 1.09. The second kappa shape index (κ2) is 2.87. The van der Waals surface area contributed by atoms with E-state index in [1.54, 1.807) is 0 Å². The van der Waals surface area contributed by atoms with Crippen molar-refractivity contribution in [1.29, 1.82) is 0 Å². The van der Waals surface area contributed by atoms with Crippen molar-refractivity contribution in [1.82, 2.24) is 9.61 Å². The van der Waals surface area contributed by atoms with Crippen LogP contribution in [0.5, 0.6) is 0 Å². The van der Waals surface area contributed by atoms with Gasteiger partial charge in [-0.1, -0.05) is 19.9 Å². The van der Waals surface area contributed by atoms with Crippen molar-refractivity contribution >= 4 is 13.4 Å². The van der Waals surface area contributed by atoms with Crippen molar-refractivity contribution in [2.24, 2.45) is 0 Å². The summed E-state index contributed by atoms with van der Waals surface area (Å²) in [5.41, 5.74) is 1.25. The van der Waals surface area contributed by atoms with E-state index in [4.69, 9.17) is 0 Å². The molecule has 0 saturated heterocycles. The summed E-state index contributed by atoms with van der Waals surface area (Å²) in [6.07, 6.45) is 2.00. The highest BCUT2D eigenvalue weighted by molar-refractivity contribution is 7.36. The van der Waals surface area contributed by atoms with Crippen LogP contribution < -0.4 is 0 Å². The van der Waals surface area contributed by atoms with Crippen LogP contribution in [0, 0.1) is 0 Å². The molecule has 0 N–H and O–H groups in total.